The van der Waals surface area contributed by atoms with Gasteiger partial charge in [-0.2, -0.15) is 5.26 Å². The predicted molar refractivity (Wildman–Crippen MR) is 76.2 cm³/mol. The molecule has 0 fully saturated rings. The summed E-state index contributed by atoms with van der Waals surface area (Å²) in [7, 11) is 0. The van der Waals surface area contributed by atoms with Gasteiger partial charge in [0.05, 0.1) is 11.6 Å². The molecule has 0 saturated carbocycles. The van der Waals surface area contributed by atoms with E-state index in [1.165, 1.54) is 12.1 Å². The van der Waals surface area contributed by atoms with Crippen molar-refractivity contribution in [1.29, 1.82) is 5.26 Å². The van der Waals surface area contributed by atoms with E-state index in [4.69, 9.17) is 14.7 Å². The van der Waals surface area contributed by atoms with E-state index in [1.54, 1.807) is 30.3 Å². The number of hydrogen-bond donors (Lipinski definition) is 0. The van der Waals surface area contributed by atoms with Crippen LogP contribution in [0.5, 0.6) is 11.5 Å². The maximum atomic E-state index is 13.1. The Morgan fingerprint density at radius 2 is 1.65 bits per heavy atom. The van der Waals surface area contributed by atoms with Crippen LogP contribution in [0.15, 0.2) is 46.9 Å². The van der Waals surface area contributed by atoms with E-state index in [9.17, 15) is 4.39 Å². The fraction of sp³-hybridized carbons (Fsp3) is 0.133. The monoisotopic (exact) mass is 335 g/mol. The van der Waals surface area contributed by atoms with Crippen LogP contribution >= 0.6 is 15.9 Å². The van der Waals surface area contributed by atoms with Crippen molar-refractivity contribution in [2.24, 2.45) is 0 Å². The first-order valence-electron chi connectivity index (χ1n) is 5.89. The summed E-state index contributed by atoms with van der Waals surface area (Å²) >= 11 is 3.19. The first-order chi connectivity index (χ1) is 9.67. The molecule has 0 radical (unpaired) electrons. The Bertz CT molecular complexity index is 603. The highest BCUT2D eigenvalue weighted by Crippen LogP contribution is 2.20. The third-order valence-electron chi connectivity index (χ3n) is 2.44. The summed E-state index contributed by atoms with van der Waals surface area (Å²) in [6.07, 6.45) is 0. The molecule has 0 N–H and O–H groups in total. The molecule has 0 aliphatic heterocycles. The van der Waals surface area contributed by atoms with E-state index < -0.39 is 0 Å². The summed E-state index contributed by atoms with van der Waals surface area (Å²) in [5.74, 6) is 0.746. The van der Waals surface area contributed by atoms with Gasteiger partial charge < -0.3 is 9.47 Å². The van der Waals surface area contributed by atoms with Crippen molar-refractivity contribution in [2.75, 3.05) is 13.2 Å². The minimum absolute atomic E-state index is 0.301. The smallest absolute Gasteiger partial charge is 0.128 e. The van der Waals surface area contributed by atoms with Crippen LogP contribution in [0.25, 0.3) is 0 Å². The first-order valence-corrected chi connectivity index (χ1v) is 6.68. The Balaban J connectivity index is 1.79. The Hall–Kier alpha value is -2.06. The molecule has 0 bridgehead atoms. The highest BCUT2D eigenvalue weighted by Gasteiger charge is 2.00. The third kappa shape index (κ3) is 4.25. The maximum absolute atomic E-state index is 13.1. The summed E-state index contributed by atoms with van der Waals surface area (Å²) in [5.41, 5.74) is 0.582. The van der Waals surface area contributed by atoms with Crippen molar-refractivity contribution < 1.29 is 13.9 Å². The first kappa shape index (κ1) is 14.4. The van der Waals surface area contributed by atoms with E-state index >= 15 is 0 Å². The van der Waals surface area contributed by atoms with Crippen LogP contribution in [-0.2, 0) is 0 Å². The van der Waals surface area contributed by atoms with Crippen molar-refractivity contribution in [2.45, 2.75) is 0 Å². The number of hydrogen-bond acceptors (Lipinski definition) is 3. The average molecular weight is 336 g/mol. The molecule has 3 nitrogen and oxygen atoms in total. The number of benzene rings is 2. The number of nitrogens with zero attached hydrogens (tertiary/aromatic N) is 1. The van der Waals surface area contributed by atoms with Crippen molar-refractivity contribution in [3.8, 4) is 17.6 Å². The second kappa shape index (κ2) is 6.92. The Labute approximate surface area is 124 Å². The van der Waals surface area contributed by atoms with Crippen LogP contribution in [0.2, 0.25) is 0 Å². The standard InChI is InChI=1S/C15H11BrFNO2/c16-12-7-13(17)9-15(8-12)20-6-5-19-14-3-1-11(10-18)2-4-14/h1-4,7-9H,5-6H2. The van der Waals surface area contributed by atoms with Crippen molar-refractivity contribution >= 4 is 15.9 Å². The zero-order valence-electron chi connectivity index (χ0n) is 10.5. The second-order valence-electron chi connectivity index (χ2n) is 3.94. The van der Waals surface area contributed by atoms with E-state index in [-0.39, 0.29) is 5.82 Å². The Morgan fingerprint density at radius 1 is 1.00 bits per heavy atom. The molecule has 2 aromatic rings. The molecular weight excluding hydrogens is 325 g/mol. The molecule has 0 heterocycles. The summed E-state index contributed by atoms with van der Waals surface area (Å²) in [6.45, 7) is 0.635. The van der Waals surface area contributed by atoms with Gasteiger partial charge in [0.1, 0.15) is 30.5 Å². The van der Waals surface area contributed by atoms with Gasteiger partial charge in [-0.15, -0.1) is 0 Å². The lowest BCUT2D eigenvalue weighted by molar-refractivity contribution is 0.216. The Kier molecular flexibility index (Phi) is 4.97. The van der Waals surface area contributed by atoms with Crippen LogP contribution in [-0.4, -0.2) is 13.2 Å². The third-order valence-corrected chi connectivity index (χ3v) is 2.90. The van der Waals surface area contributed by atoms with Crippen LogP contribution in [0.1, 0.15) is 5.56 Å². The fourth-order valence-corrected chi connectivity index (χ4v) is 2.00. The molecule has 0 aliphatic carbocycles. The summed E-state index contributed by atoms with van der Waals surface area (Å²) in [6, 6.07) is 13.2. The van der Waals surface area contributed by atoms with Crippen molar-refractivity contribution in [3.63, 3.8) is 0 Å². The minimum Gasteiger partial charge on any atom is -0.490 e. The molecule has 20 heavy (non-hydrogen) atoms. The molecule has 0 atom stereocenters. The lowest BCUT2D eigenvalue weighted by Gasteiger charge is -2.08. The molecule has 2 aromatic carbocycles. The normalized spacial score (nSPS) is 9.85. The van der Waals surface area contributed by atoms with Gasteiger partial charge in [0.25, 0.3) is 0 Å². The van der Waals surface area contributed by atoms with Gasteiger partial charge in [-0.25, -0.2) is 4.39 Å². The van der Waals surface area contributed by atoms with Gasteiger partial charge in [0.15, 0.2) is 0 Å². The summed E-state index contributed by atoms with van der Waals surface area (Å²) in [4.78, 5) is 0. The molecule has 0 unspecified atom stereocenters. The van der Waals surface area contributed by atoms with Crippen molar-refractivity contribution in [3.05, 3.63) is 58.3 Å². The summed E-state index contributed by atoms with van der Waals surface area (Å²) < 4.78 is 24.6. The number of halogens is 2. The number of ether oxygens (including phenoxy) is 2. The topological polar surface area (TPSA) is 42.2 Å². The van der Waals surface area contributed by atoms with Crippen LogP contribution in [0.4, 0.5) is 4.39 Å². The zero-order chi connectivity index (χ0) is 14.4. The highest BCUT2D eigenvalue weighted by molar-refractivity contribution is 9.10. The van der Waals surface area contributed by atoms with E-state index in [0.29, 0.717) is 34.7 Å². The zero-order valence-corrected chi connectivity index (χ0v) is 12.1. The second-order valence-corrected chi connectivity index (χ2v) is 4.85. The van der Waals surface area contributed by atoms with Crippen LogP contribution < -0.4 is 9.47 Å². The molecule has 102 valence electrons. The molecule has 5 heteroatoms. The average Bonchev–Trinajstić information content (AvgIpc) is 2.43. The lowest BCUT2D eigenvalue weighted by atomic mass is 10.2. The van der Waals surface area contributed by atoms with Gasteiger partial charge in [-0.1, -0.05) is 15.9 Å². The van der Waals surface area contributed by atoms with Gasteiger partial charge in [0, 0.05) is 10.5 Å². The maximum Gasteiger partial charge on any atom is 0.128 e. The van der Waals surface area contributed by atoms with E-state index in [0.717, 1.165) is 0 Å². The molecular formula is C15H11BrFNO2. The molecule has 0 amide bonds. The van der Waals surface area contributed by atoms with Crippen LogP contribution in [0.3, 0.4) is 0 Å². The molecule has 0 saturated heterocycles. The minimum atomic E-state index is -0.359. The quantitative estimate of drug-likeness (QED) is 0.778. The number of rotatable bonds is 5. The van der Waals surface area contributed by atoms with Crippen LogP contribution in [0, 0.1) is 17.1 Å². The van der Waals surface area contributed by atoms with Gasteiger partial charge in [0.2, 0.25) is 0 Å². The molecule has 2 rings (SSSR count). The largest absolute Gasteiger partial charge is 0.490 e. The van der Waals surface area contributed by atoms with Crippen molar-refractivity contribution in [1.82, 2.24) is 0 Å². The lowest BCUT2D eigenvalue weighted by Crippen LogP contribution is -2.09. The Morgan fingerprint density at radius 3 is 2.25 bits per heavy atom. The van der Waals surface area contributed by atoms with Gasteiger partial charge in [-0.3, -0.25) is 0 Å². The van der Waals surface area contributed by atoms with Gasteiger partial charge >= 0.3 is 0 Å². The highest BCUT2D eigenvalue weighted by atomic mass is 79.9. The van der Waals surface area contributed by atoms with E-state index in [2.05, 4.69) is 15.9 Å². The summed E-state index contributed by atoms with van der Waals surface area (Å²) in [5, 5.41) is 8.67. The van der Waals surface area contributed by atoms with Gasteiger partial charge in [-0.05, 0) is 36.4 Å². The predicted octanol–water partition coefficient (Wildman–Crippen LogP) is 3.92. The fourth-order valence-electron chi connectivity index (χ4n) is 1.56. The SMILES string of the molecule is N#Cc1ccc(OCCOc2cc(F)cc(Br)c2)cc1. The molecule has 0 aliphatic rings. The van der Waals surface area contributed by atoms with E-state index in [1.807, 2.05) is 6.07 Å². The molecule has 0 aromatic heterocycles. The molecule has 0 spiro atoms. The number of nitriles is 1.